The Hall–Kier alpha value is -0.0400. The summed E-state index contributed by atoms with van der Waals surface area (Å²) in [6, 6.07) is 0. The van der Waals surface area contributed by atoms with Crippen LogP contribution < -0.4 is 5.73 Å². The first-order chi connectivity index (χ1) is 5.18. The van der Waals surface area contributed by atoms with Crippen LogP contribution in [0, 0.1) is 23.2 Å². The highest BCUT2D eigenvalue weighted by Crippen LogP contribution is 2.68. The van der Waals surface area contributed by atoms with Gasteiger partial charge in [-0.15, -0.1) is 0 Å². The van der Waals surface area contributed by atoms with Crippen LogP contribution in [0.4, 0.5) is 0 Å². The van der Waals surface area contributed by atoms with Gasteiger partial charge in [-0.25, -0.2) is 0 Å². The Labute approximate surface area is 69.4 Å². The van der Waals surface area contributed by atoms with Gasteiger partial charge in [-0.3, -0.25) is 0 Å². The molecule has 0 saturated heterocycles. The Morgan fingerprint density at radius 3 is 2.36 bits per heavy atom. The minimum Gasteiger partial charge on any atom is -0.330 e. The van der Waals surface area contributed by atoms with Crippen molar-refractivity contribution < 1.29 is 0 Å². The number of rotatable bonds is 2. The van der Waals surface area contributed by atoms with Gasteiger partial charge in [0.15, 0.2) is 0 Å². The molecule has 0 aromatic heterocycles. The van der Waals surface area contributed by atoms with Crippen molar-refractivity contribution in [1.82, 2.24) is 0 Å². The molecular weight excluding hydrogens is 134 g/mol. The first-order valence-electron chi connectivity index (χ1n) is 4.88. The molecule has 0 aromatic rings. The third-order valence-corrected chi connectivity index (χ3v) is 3.92. The molecule has 0 amide bonds. The van der Waals surface area contributed by atoms with Crippen molar-refractivity contribution in [2.45, 2.75) is 33.1 Å². The van der Waals surface area contributed by atoms with Gasteiger partial charge in [0.25, 0.3) is 0 Å². The highest BCUT2D eigenvalue weighted by molar-refractivity contribution is 5.10. The predicted octanol–water partition coefficient (Wildman–Crippen LogP) is 2.02. The zero-order chi connectivity index (χ0) is 8.06. The molecule has 1 nitrogen and oxygen atoms in total. The predicted molar refractivity (Wildman–Crippen MR) is 47.2 cm³/mol. The molecule has 0 aliphatic heterocycles. The molecule has 2 aliphatic carbocycles. The zero-order valence-corrected chi connectivity index (χ0v) is 7.64. The van der Waals surface area contributed by atoms with Crippen molar-refractivity contribution in [3.63, 3.8) is 0 Å². The molecule has 2 fully saturated rings. The second-order valence-electron chi connectivity index (χ2n) is 4.91. The van der Waals surface area contributed by atoms with Crippen molar-refractivity contribution in [1.29, 1.82) is 0 Å². The van der Waals surface area contributed by atoms with E-state index in [0.717, 1.165) is 29.7 Å². The molecule has 2 saturated carbocycles. The Bertz CT molecular complexity index is 156. The van der Waals surface area contributed by atoms with E-state index in [2.05, 4.69) is 13.8 Å². The van der Waals surface area contributed by atoms with Crippen LogP contribution >= 0.6 is 0 Å². The number of hydrogen-bond donors (Lipinski definition) is 1. The monoisotopic (exact) mass is 153 g/mol. The molecule has 0 radical (unpaired) electrons. The Morgan fingerprint density at radius 2 is 2.00 bits per heavy atom. The number of nitrogens with two attached hydrogens (primary N) is 1. The molecule has 1 unspecified atom stereocenters. The quantitative estimate of drug-likeness (QED) is 0.645. The molecule has 1 heteroatoms. The molecule has 1 spiro atoms. The third-order valence-electron chi connectivity index (χ3n) is 3.92. The lowest BCUT2D eigenvalue weighted by molar-refractivity contribution is 0.106. The molecule has 64 valence electrons. The lowest BCUT2D eigenvalue weighted by atomic mass is 9.66. The summed E-state index contributed by atoms with van der Waals surface area (Å²) in [5, 5.41) is 0. The summed E-state index contributed by atoms with van der Waals surface area (Å²) in [5.41, 5.74) is 6.41. The van der Waals surface area contributed by atoms with Crippen LogP contribution in [0.5, 0.6) is 0 Å². The highest BCUT2D eigenvalue weighted by Gasteiger charge is 2.60. The maximum absolute atomic E-state index is 5.64. The second-order valence-corrected chi connectivity index (χ2v) is 4.91. The summed E-state index contributed by atoms with van der Waals surface area (Å²) in [6.07, 6.45) is 4.39. The Kier molecular flexibility index (Phi) is 1.54. The molecule has 2 aliphatic rings. The summed E-state index contributed by atoms with van der Waals surface area (Å²) in [7, 11) is 0. The normalized spacial score (nSPS) is 48.0. The molecule has 0 bridgehead atoms. The SMILES string of the molecule is CC(C)C1CC2(C1)CC2CN. The molecule has 2 N–H and O–H groups in total. The van der Waals surface area contributed by atoms with Crippen LogP contribution in [-0.4, -0.2) is 6.54 Å². The fourth-order valence-corrected chi connectivity index (χ4v) is 2.72. The number of hydrogen-bond acceptors (Lipinski definition) is 1. The van der Waals surface area contributed by atoms with Crippen molar-refractivity contribution in [3.8, 4) is 0 Å². The van der Waals surface area contributed by atoms with Crippen LogP contribution in [0.15, 0.2) is 0 Å². The van der Waals surface area contributed by atoms with Gasteiger partial charge >= 0.3 is 0 Å². The second kappa shape index (κ2) is 2.22. The van der Waals surface area contributed by atoms with Crippen molar-refractivity contribution >= 4 is 0 Å². The summed E-state index contributed by atoms with van der Waals surface area (Å²) in [6.45, 7) is 5.62. The summed E-state index contributed by atoms with van der Waals surface area (Å²) >= 11 is 0. The lowest BCUT2D eigenvalue weighted by Crippen LogP contribution is -2.31. The third kappa shape index (κ3) is 1.01. The molecular formula is C10H19N. The largest absolute Gasteiger partial charge is 0.330 e. The summed E-state index contributed by atoms with van der Waals surface area (Å²) in [4.78, 5) is 0. The van der Waals surface area contributed by atoms with Crippen molar-refractivity contribution in [3.05, 3.63) is 0 Å². The highest BCUT2D eigenvalue weighted by atomic mass is 14.7. The first kappa shape index (κ1) is 7.60. The fourth-order valence-electron chi connectivity index (χ4n) is 2.72. The van der Waals surface area contributed by atoms with Gasteiger partial charge in [-0.2, -0.15) is 0 Å². The van der Waals surface area contributed by atoms with Gasteiger partial charge < -0.3 is 5.73 Å². The van der Waals surface area contributed by atoms with Gasteiger partial charge in [-0.1, -0.05) is 13.8 Å². The molecule has 0 aromatic carbocycles. The molecule has 0 heterocycles. The van der Waals surface area contributed by atoms with E-state index in [0.29, 0.717) is 0 Å². The summed E-state index contributed by atoms with van der Waals surface area (Å²) < 4.78 is 0. The van der Waals surface area contributed by atoms with Crippen LogP contribution in [0.25, 0.3) is 0 Å². The zero-order valence-electron chi connectivity index (χ0n) is 7.64. The van der Waals surface area contributed by atoms with Crippen molar-refractivity contribution in [2.75, 3.05) is 6.54 Å². The van der Waals surface area contributed by atoms with E-state index in [1.54, 1.807) is 0 Å². The van der Waals surface area contributed by atoms with Gasteiger partial charge in [0.1, 0.15) is 0 Å². The smallest absolute Gasteiger partial charge is 0.00433 e. The lowest BCUT2D eigenvalue weighted by Gasteiger charge is -2.39. The van der Waals surface area contributed by atoms with E-state index in [9.17, 15) is 0 Å². The van der Waals surface area contributed by atoms with Gasteiger partial charge in [0.05, 0.1) is 0 Å². The fraction of sp³-hybridized carbons (Fsp3) is 1.00. The van der Waals surface area contributed by atoms with E-state index in [1.165, 1.54) is 19.3 Å². The van der Waals surface area contributed by atoms with Crippen LogP contribution in [0.3, 0.4) is 0 Å². The minimum absolute atomic E-state index is 0.768. The summed E-state index contributed by atoms with van der Waals surface area (Å²) in [5.74, 6) is 2.82. The topological polar surface area (TPSA) is 26.0 Å². The minimum atomic E-state index is 0.768. The Morgan fingerprint density at radius 1 is 1.36 bits per heavy atom. The van der Waals surface area contributed by atoms with Crippen LogP contribution in [0.1, 0.15) is 33.1 Å². The molecule has 1 atom stereocenters. The average molecular weight is 153 g/mol. The van der Waals surface area contributed by atoms with E-state index >= 15 is 0 Å². The van der Waals surface area contributed by atoms with Gasteiger partial charge in [0, 0.05) is 0 Å². The van der Waals surface area contributed by atoms with E-state index in [4.69, 9.17) is 5.73 Å². The maximum atomic E-state index is 5.64. The van der Waals surface area contributed by atoms with Gasteiger partial charge in [0.2, 0.25) is 0 Å². The van der Waals surface area contributed by atoms with Crippen LogP contribution in [0.2, 0.25) is 0 Å². The van der Waals surface area contributed by atoms with E-state index in [-0.39, 0.29) is 0 Å². The molecule has 11 heavy (non-hydrogen) atoms. The first-order valence-corrected chi connectivity index (χ1v) is 4.88. The standard InChI is InChI=1S/C10H19N/c1-7(2)8-3-10(4-8)5-9(10)6-11/h7-9H,3-6,11H2,1-2H3. The van der Waals surface area contributed by atoms with E-state index < -0.39 is 0 Å². The van der Waals surface area contributed by atoms with Gasteiger partial charge in [-0.05, 0) is 49.0 Å². The van der Waals surface area contributed by atoms with E-state index in [1.807, 2.05) is 0 Å². The van der Waals surface area contributed by atoms with Crippen molar-refractivity contribution in [2.24, 2.45) is 28.9 Å². The average Bonchev–Trinajstić information content (AvgIpc) is 2.57. The van der Waals surface area contributed by atoms with Crippen LogP contribution in [-0.2, 0) is 0 Å². The molecule has 2 rings (SSSR count). The Balaban J connectivity index is 1.81. The maximum Gasteiger partial charge on any atom is -0.00433 e.